The van der Waals surface area contributed by atoms with Crippen molar-refractivity contribution in [2.45, 2.75) is 31.0 Å². The number of hydrogen-bond acceptors (Lipinski definition) is 4. The number of nitrogens with one attached hydrogen (secondary N) is 2. The van der Waals surface area contributed by atoms with Crippen molar-refractivity contribution in [2.75, 3.05) is 18.9 Å². The molecule has 0 aliphatic carbocycles. The SMILES string of the molecule is Cc1ccc2nc(SCC(=O)NCC3CCCO3)[nH]c2c1. The van der Waals surface area contributed by atoms with Crippen LogP contribution in [0.15, 0.2) is 23.4 Å². The number of carbonyl (C=O) groups is 1. The molecule has 1 atom stereocenters. The molecule has 21 heavy (non-hydrogen) atoms. The third-order valence-electron chi connectivity index (χ3n) is 3.51. The Morgan fingerprint density at radius 3 is 3.29 bits per heavy atom. The molecule has 1 aliphatic heterocycles. The van der Waals surface area contributed by atoms with Crippen LogP contribution in [-0.4, -0.2) is 40.9 Å². The molecule has 2 N–H and O–H groups in total. The number of imidazole rings is 1. The van der Waals surface area contributed by atoms with E-state index in [0.29, 0.717) is 12.3 Å². The Bertz CT molecular complexity index is 635. The molecule has 5 nitrogen and oxygen atoms in total. The third kappa shape index (κ3) is 3.77. The fourth-order valence-electron chi connectivity index (χ4n) is 2.39. The van der Waals surface area contributed by atoms with E-state index in [1.165, 1.54) is 17.3 Å². The predicted octanol–water partition coefficient (Wildman–Crippen LogP) is 2.26. The van der Waals surface area contributed by atoms with Gasteiger partial charge in [-0.25, -0.2) is 4.98 Å². The highest BCUT2D eigenvalue weighted by Gasteiger charge is 2.16. The van der Waals surface area contributed by atoms with Gasteiger partial charge in [-0.15, -0.1) is 0 Å². The zero-order chi connectivity index (χ0) is 14.7. The number of amides is 1. The quantitative estimate of drug-likeness (QED) is 0.832. The van der Waals surface area contributed by atoms with Crippen LogP contribution in [0.4, 0.5) is 0 Å². The van der Waals surface area contributed by atoms with Crippen molar-refractivity contribution in [1.29, 1.82) is 0 Å². The average Bonchev–Trinajstić information content (AvgIpc) is 3.11. The Hall–Kier alpha value is -1.53. The topological polar surface area (TPSA) is 67.0 Å². The monoisotopic (exact) mass is 305 g/mol. The minimum Gasteiger partial charge on any atom is -0.376 e. The molecule has 3 rings (SSSR count). The van der Waals surface area contributed by atoms with Crippen LogP contribution in [0.25, 0.3) is 11.0 Å². The summed E-state index contributed by atoms with van der Waals surface area (Å²) < 4.78 is 5.48. The maximum absolute atomic E-state index is 11.8. The number of hydrogen-bond donors (Lipinski definition) is 2. The molecule has 1 aromatic heterocycles. The summed E-state index contributed by atoms with van der Waals surface area (Å²) in [4.78, 5) is 19.5. The van der Waals surface area contributed by atoms with Gasteiger partial charge in [0.15, 0.2) is 5.16 Å². The fourth-order valence-corrected chi connectivity index (χ4v) is 3.10. The van der Waals surface area contributed by atoms with Gasteiger partial charge in [-0.05, 0) is 37.5 Å². The molecular formula is C15H19N3O2S. The van der Waals surface area contributed by atoms with Crippen LogP contribution < -0.4 is 5.32 Å². The van der Waals surface area contributed by atoms with Crippen molar-refractivity contribution in [2.24, 2.45) is 0 Å². The van der Waals surface area contributed by atoms with Crippen molar-refractivity contribution in [3.63, 3.8) is 0 Å². The normalized spacial score (nSPS) is 18.2. The summed E-state index contributed by atoms with van der Waals surface area (Å²) in [7, 11) is 0. The minimum absolute atomic E-state index is 0.0205. The average molecular weight is 305 g/mol. The van der Waals surface area contributed by atoms with Gasteiger partial charge < -0.3 is 15.0 Å². The molecule has 0 radical (unpaired) electrons. The summed E-state index contributed by atoms with van der Waals surface area (Å²) in [6.45, 7) is 3.47. The summed E-state index contributed by atoms with van der Waals surface area (Å²) in [5.74, 6) is 0.387. The second kappa shape index (κ2) is 6.49. The molecule has 1 fully saturated rings. The van der Waals surface area contributed by atoms with Gasteiger partial charge in [0.25, 0.3) is 0 Å². The van der Waals surface area contributed by atoms with E-state index in [2.05, 4.69) is 21.4 Å². The summed E-state index contributed by atoms with van der Waals surface area (Å²) in [5, 5.41) is 3.69. The van der Waals surface area contributed by atoms with E-state index >= 15 is 0 Å². The summed E-state index contributed by atoms with van der Waals surface area (Å²) in [5.41, 5.74) is 3.14. The van der Waals surface area contributed by atoms with Crippen LogP contribution in [0.5, 0.6) is 0 Å². The number of ether oxygens (including phenoxy) is 1. The number of benzene rings is 1. The molecule has 0 spiro atoms. The largest absolute Gasteiger partial charge is 0.376 e. The smallest absolute Gasteiger partial charge is 0.230 e. The first-order chi connectivity index (χ1) is 10.2. The maximum Gasteiger partial charge on any atom is 0.230 e. The number of aromatic nitrogens is 2. The molecular weight excluding hydrogens is 286 g/mol. The molecule has 1 saturated heterocycles. The van der Waals surface area contributed by atoms with Gasteiger partial charge in [0.05, 0.1) is 22.9 Å². The predicted molar refractivity (Wildman–Crippen MR) is 83.5 cm³/mol. The van der Waals surface area contributed by atoms with Crippen molar-refractivity contribution in [3.05, 3.63) is 23.8 Å². The van der Waals surface area contributed by atoms with Gasteiger partial charge >= 0.3 is 0 Å². The third-order valence-corrected chi connectivity index (χ3v) is 4.38. The first kappa shape index (κ1) is 14.4. The van der Waals surface area contributed by atoms with Crippen LogP contribution in [0.1, 0.15) is 18.4 Å². The Morgan fingerprint density at radius 1 is 1.57 bits per heavy atom. The van der Waals surface area contributed by atoms with E-state index in [-0.39, 0.29) is 12.0 Å². The van der Waals surface area contributed by atoms with E-state index in [1.54, 1.807) is 0 Å². The maximum atomic E-state index is 11.8. The van der Waals surface area contributed by atoms with Crippen molar-refractivity contribution < 1.29 is 9.53 Å². The number of H-pyrrole nitrogens is 1. The lowest BCUT2D eigenvalue weighted by Gasteiger charge is -2.10. The Balaban J connectivity index is 1.49. The fraction of sp³-hybridized carbons (Fsp3) is 0.467. The zero-order valence-corrected chi connectivity index (χ0v) is 12.8. The Morgan fingerprint density at radius 2 is 2.48 bits per heavy atom. The lowest BCUT2D eigenvalue weighted by Crippen LogP contribution is -2.32. The highest BCUT2D eigenvalue weighted by molar-refractivity contribution is 7.99. The summed E-state index contributed by atoms with van der Waals surface area (Å²) in [6.07, 6.45) is 2.32. The number of carbonyl (C=O) groups excluding carboxylic acids is 1. The van der Waals surface area contributed by atoms with Crippen molar-refractivity contribution >= 4 is 28.7 Å². The summed E-state index contributed by atoms with van der Waals surface area (Å²) >= 11 is 1.42. The number of nitrogens with zero attached hydrogens (tertiary/aromatic N) is 1. The van der Waals surface area contributed by atoms with E-state index in [1.807, 2.05) is 19.1 Å². The molecule has 1 aromatic carbocycles. The number of fused-ring (bicyclic) bond motifs is 1. The van der Waals surface area contributed by atoms with E-state index in [4.69, 9.17) is 4.74 Å². The van der Waals surface area contributed by atoms with Crippen LogP contribution in [0, 0.1) is 6.92 Å². The van der Waals surface area contributed by atoms with Crippen LogP contribution >= 0.6 is 11.8 Å². The standard InChI is InChI=1S/C15H19N3O2S/c1-10-4-5-12-13(7-10)18-15(17-12)21-9-14(19)16-8-11-3-2-6-20-11/h4-5,7,11H,2-3,6,8-9H2,1H3,(H,16,19)(H,17,18). The molecule has 0 saturated carbocycles. The number of rotatable bonds is 5. The van der Waals surface area contributed by atoms with Crippen LogP contribution in [0.3, 0.4) is 0 Å². The summed E-state index contributed by atoms with van der Waals surface area (Å²) in [6, 6.07) is 6.08. The molecule has 112 valence electrons. The van der Waals surface area contributed by atoms with Gasteiger partial charge in [-0.3, -0.25) is 4.79 Å². The van der Waals surface area contributed by atoms with Gasteiger partial charge in [-0.1, -0.05) is 17.8 Å². The molecule has 2 heterocycles. The van der Waals surface area contributed by atoms with Crippen LogP contribution in [0.2, 0.25) is 0 Å². The van der Waals surface area contributed by atoms with Crippen LogP contribution in [-0.2, 0) is 9.53 Å². The van der Waals surface area contributed by atoms with Gasteiger partial charge in [-0.2, -0.15) is 0 Å². The number of aromatic amines is 1. The molecule has 6 heteroatoms. The Labute approximate surface area is 127 Å². The molecule has 0 bridgehead atoms. The second-order valence-corrected chi connectivity index (χ2v) is 6.25. The van der Waals surface area contributed by atoms with Crippen molar-refractivity contribution in [3.8, 4) is 0 Å². The molecule has 1 unspecified atom stereocenters. The lowest BCUT2D eigenvalue weighted by atomic mass is 10.2. The lowest BCUT2D eigenvalue weighted by molar-refractivity contribution is -0.119. The molecule has 1 amide bonds. The van der Waals surface area contributed by atoms with E-state index < -0.39 is 0 Å². The zero-order valence-electron chi connectivity index (χ0n) is 12.0. The van der Waals surface area contributed by atoms with Crippen molar-refractivity contribution in [1.82, 2.24) is 15.3 Å². The van der Waals surface area contributed by atoms with E-state index in [9.17, 15) is 4.79 Å². The number of aryl methyl sites for hydroxylation is 1. The van der Waals surface area contributed by atoms with E-state index in [0.717, 1.165) is 35.6 Å². The Kier molecular flexibility index (Phi) is 4.45. The van der Waals surface area contributed by atoms with Gasteiger partial charge in [0, 0.05) is 13.2 Å². The second-order valence-electron chi connectivity index (χ2n) is 5.29. The van der Waals surface area contributed by atoms with Gasteiger partial charge in [0.2, 0.25) is 5.91 Å². The number of thioether (sulfide) groups is 1. The highest BCUT2D eigenvalue weighted by atomic mass is 32.2. The van der Waals surface area contributed by atoms with Gasteiger partial charge in [0.1, 0.15) is 0 Å². The highest BCUT2D eigenvalue weighted by Crippen LogP contribution is 2.20. The first-order valence-electron chi connectivity index (χ1n) is 7.18. The molecule has 2 aromatic rings. The molecule has 1 aliphatic rings. The first-order valence-corrected chi connectivity index (χ1v) is 8.17. The minimum atomic E-state index is 0.0205.